The van der Waals surface area contributed by atoms with Crippen molar-refractivity contribution in [3.63, 3.8) is 0 Å². The molecule has 3 aromatic rings. The van der Waals surface area contributed by atoms with Crippen LogP contribution in [0.2, 0.25) is 0 Å². The number of hydrogen-bond donors (Lipinski definition) is 2. The lowest BCUT2D eigenvalue weighted by Gasteiger charge is -2.34. The first-order valence-electron chi connectivity index (χ1n) is 10.1. The van der Waals surface area contributed by atoms with E-state index in [0.29, 0.717) is 24.1 Å². The first kappa shape index (κ1) is 17.3. The summed E-state index contributed by atoms with van der Waals surface area (Å²) in [7, 11) is 0. The van der Waals surface area contributed by atoms with Crippen molar-refractivity contribution in [3.05, 3.63) is 53.7 Å². The molecule has 2 N–H and O–H groups in total. The molecule has 1 aliphatic heterocycles. The maximum absolute atomic E-state index is 4.52. The molecule has 7 nitrogen and oxygen atoms in total. The molecule has 144 valence electrons. The number of benzene rings is 1. The highest BCUT2D eigenvalue weighted by Crippen LogP contribution is 2.28. The standard InChI is InChI=1S/C21H25N7/c1-2-15-4-5-18(12-16(15)3-1)28-10-6-17(7-11-28)24-14-20-25-21(27-26-20)19-13-22-8-9-23-19/h4-5,8-9,12-13,17,24H,1-3,6-7,10-11,14H2,(H,25,26,27). The molecule has 0 amide bonds. The van der Waals surface area contributed by atoms with Crippen molar-refractivity contribution in [1.82, 2.24) is 30.5 Å². The van der Waals surface area contributed by atoms with Crippen LogP contribution >= 0.6 is 0 Å². The fourth-order valence-electron chi connectivity index (χ4n) is 4.24. The van der Waals surface area contributed by atoms with Gasteiger partial charge in [-0.1, -0.05) is 6.07 Å². The normalized spacial score (nSPS) is 17.1. The molecule has 0 bridgehead atoms. The third-order valence-electron chi connectivity index (χ3n) is 5.82. The number of nitrogens with zero attached hydrogens (tertiary/aromatic N) is 5. The van der Waals surface area contributed by atoms with Crippen molar-refractivity contribution in [2.45, 2.75) is 44.7 Å². The van der Waals surface area contributed by atoms with Gasteiger partial charge in [-0.2, -0.15) is 5.10 Å². The number of H-pyrrole nitrogens is 1. The van der Waals surface area contributed by atoms with Gasteiger partial charge >= 0.3 is 0 Å². The zero-order valence-electron chi connectivity index (χ0n) is 15.9. The summed E-state index contributed by atoms with van der Waals surface area (Å²) in [4.78, 5) is 15.3. The average molecular weight is 375 g/mol. The van der Waals surface area contributed by atoms with E-state index in [0.717, 1.165) is 31.8 Å². The Morgan fingerprint density at radius 1 is 1.11 bits per heavy atom. The minimum absolute atomic E-state index is 0.510. The quantitative estimate of drug-likeness (QED) is 0.713. The second kappa shape index (κ2) is 7.67. The van der Waals surface area contributed by atoms with Crippen LogP contribution in [0, 0.1) is 0 Å². The topological polar surface area (TPSA) is 82.6 Å². The summed E-state index contributed by atoms with van der Waals surface area (Å²) >= 11 is 0. The maximum atomic E-state index is 4.52. The summed E-state index contributed by atoms with van der Waals surface area (Å²) in [6, 6.07) is 7.57. The predicted molar refractivity (Wildman–Crippen MR) is 108 cm³/mol. The SMILES string of the molecule is c1cnc(-c2n[nH]c(CNC3CCN(c4ccc5c(c4)CCC5)CC3)n2)cn1. The van der Waals surface area contributed by atoms with E-state index in [2.05, 4.69) is 53.6 Å². The van der Waals surface area contributed by atoms with E-state index in [9.17, 15) is 0 Å². The fourth-order valence-corrected chi connectivity index (χ4v) is 4.24. The molecule has 2 aliphatic rings. The highest BCUT2D eigenvalue weighted by atomic mass is 15.2. The molecule has 3 heterocycles. The summed E-state index contributed by atoms with van der Waals surface area (Å²) in [5.74, 6) is 1.43. The fraction of sp³-hybridized carbons (Fsp3) is 0.429. The van der Waals surface area contributed by atoms with E-state index in [1.54, 1.807) is 29.7 Å². The lowest BCUT2D eigenvalue weighted by molar-refractivity contribution is 0.410. The van der Waals surface area contributed by atoms with Gasteiger partial charge in [0.25, 0.3) is 0 Å². The smallest absolute Gasteiger partial charge is 0.201 e. The van der Waals surface area contributed by atoms with Crippen molar-refractivity contribution >= 4 is 5.69 Å². The Balaban J connectivity index is 1.13. The van der Waals surface area contributed by atoms with Crippen LogP contribution in [0.5, 0.6) is 0 Å². The van der Waals surface area contributed by atoms with E-state index in [1.807, 2.05) is 0 Å². The summed E-state index contributed by atoms with van der Waals surface area (Å²) < 4.78 is 0. The Morgan fingerprint density at radius 3 is 2.86 bits per heavy atom. The van der Waals surface area contributed by atoms with Gasteiger partial charge in [0.2, 0.25) is 5.82 Å². The monoisotopic (exact) mass is 375 g/mol. The first-order valence-corrected chi connectivity index (χ1v) is 10.1. The second-order valence-corrected chi connectivity index (χ2v) is 7.65. The van der Waals surface area contributed by atoms with Gasteiger partial charge in [-0.25, -0.2) is 9.97 Å². The number of rotatable bonds is 5. The Hall–Kier alpha value is -2.80. The van der Waals surface area contributed by atoms with Gasteiger partial charge in [0.05, 0.1) is 12.7 Å². The van der Waals surface area contributed by atoms with Crippen molar-refractivity contribution < 1.29 is 0 Å². The van der Waals surface area contributed by atoms with Crippen molar-refractivity contribution in [3.8, 4) is 11.5 Å². The Morgan fingerprint density at radius 2 is 2.00 bits per heavy atom. The van der Waals surface area contributed by atoms with E-state index >= 15 is 0 Å². The number of aryl methyl sites for hydroxylation is 2. The van der Waals surface area contributed by atoms with Gasteiger partial charge in [-0.15, -0.1) is 0 Å². The van der Waals surface area contributed by atoms with Gasteiger partial charge < -0.3 is 10.2 Å². The summed E-state index contributed by atoms with van der Waals surface area (Å²) in [5.41, 5.74) is 5.19. The molecule has 0 unspecified atom stereocenters. The molecule has 2 aromatic heterocycles. The highest BCUT2D eigenvalue weighted by Gasteiger charge is 2.21. The van der Waals surface area contributed by atoms with Crippen LogP contribution in [0.25, 0.3) is 11.5 Å². The van der Waals surface area contributed by atoms with Gasteiger partial charge in [0.1, 0.15) is 11.5 Å². The molecule has 1 aromatic carbocycles. The summed E-state index contributed by atoms with van der Waals surface area (Å²) in [6.45, 7) is 2.88. The predicted octanol–water partition coefficient (Wildman–Crippen LogP) is 2.51. The van der Waals surface area contributed by atoms with E-state index < -0.39 is 0 Å². The number of fused-ring (bicyclic) bond motifs is 1. The number of piperidine rings is 1. The summed E-state index contributed by atoms with van der Waals surface area (Å²) in [5, 5.41) is 10.9. The lowest BCUT2D eigenvalue weighted by atomic mass is 10.0. The second-order valence-electron chi connectivity index (χ2n) is 7.65. The van der Waals surface area contributed by atoms with Gasteiger partial charge in [0, 0.05) is 37.2 Å². The first-order chi connectivity index (χ1) is 13.8. The molecule has 0 saturated carbocycles. The Bertz CT molecular complexity index is 929. The Labute approximate surface area is 164 Å². The number of anilines is 1. The van der Waals surface area contributed by atoms with Crippen LogP contribution < -0.4 is 10.2 Å². The Kier molecular flexibility index (Phi) is 4.74. The van der Waals surface area contributed by atoms with Crippen LogP contribution in [0.1, 0.15) is 36.2 Å². The maximum Gasteiger partial charge on any atom is 0.201 e. The molecule has 5 rings (SSSR count). The van der Waals surface area contributed by atoms with Crippen LogP contribution in [0.3, 0.4) is 0 Å². The molecular weight excluding hydrogens is 350 g/mol. The van der Waals surface area contributed by atoms with E-state index in [4.69, 9.17) is 0 Å². The molecule has 0 atom stereocenters. The van der Waals surface area contributed by atoms with Crippen LogP contribution in [0.4, 0.5) is 5.69 Å². The molecule has 1 saturated heterocycles. The molecule has 28 heavy (non-hydrogen) atoms. The van der Waals surface area contributed by atoms with Crippen LogP contribution in [-0.4, -0.2) is 44.3 Å². The van der Waals surface area contributed by atoms with Gasteiger partial charge in [0.15, 0.2) is 0 Å². The van der Waals surface area contributed by atoms with Gasteiger partial charge in [-0.05, 0) is 55.4 Å². The molecule has 0 radical (unpaired) electrons. The third-order valence-corrected chi connectivity index (χ3v) is 5.82. The molecule has 1 aliphatic carbocycles. The molecule has 7 heteroatoms. The van der Waals surface area contributed by atoms with Crippen molar-refractivity contribution in [1.29, 1.82) is 0 Å². The van der Waals surface area contributed by atoms with Crippen LogP contribution in [0.15, 0.2) is 36.8 Å². The van der Waals surface area contributed by atoms with E-state index in [1.165, 1.54) is 24.9 Å². The minimum atomic E-state index is 0.510. The molecule has 0 spiro atoms. The van der Waals surface area contributed by atoms with Gasteiger partial charge in [-0.3, -0.25) is 10.1 Å². The number of aromatic amines is 1. The third kappa shape index (κ3) is 3.62. The van der Waals surface area contributed by atoms with Crippen molar-refractivity contribution in [2.75, 3.05) is 18.0 Å². The largest absolute Gasteiger partial charge is 0.371 e. The zero-order valence-corrected chi connectivity index (χ0v) is 15.9. The number of aromatic nitrogens is 5. The molecule has 1 fully saturated rings. The number of hydrogen-bond acceptors (Lipinski definition) is 6. The average Bonchev–Trinajstić information content (AvgIpc) is 3.42. The van der Waals surface area contributed by atoms with E-state index in [-0.39, 0.29) is 0 Å². The van der Waals surface area contributed by atoms with Crippen LogP contribution in [-0.2, 0) is 19.4 Å². The summed E-state index contributed by atoms with van der Waals surface area (Å²) in [6.07, 6.45) is 11.1. The number of nitrogens with one attached hydrogen (secondary N) is 2. The molecular formula is C21H25N7. The van der Waals surface area contributed by atoms with Crippen molar-refractivity contribution in [2.24, 2.45) is 0 Å². The highest BCUT2D eigenvalue weighted by molar-refractivity contribution is 5.52. The lowest BCUT2D eigenvalue weighted by Crippen LogP contribution is -2.42. The minimum Gasteiger partial charge on any atom is -0.371 e. The zero-order chi connectivity index (χ0) is 18.8.